The summed E-state index contributed by atoms with van der Waals surface area (Å²) >= 11 is 1.39. The van der Waals surface area contributed by atoms with E-state index in [0.29, 0.717) is 23.8 Å². The maximum Gasteiger partial charge on any atom is 0.311 e. The minimum atomic E-state index is -0.330. The quantitative estimate of drug-likeness (QED) is 0.564. The van der Waals surface area contributed by atoms with Gasteiger partial charge in [-0.1, -0.05) is 49.0 Å². The zero-order valence-electron chi connectivity index (χ0n) is 18.0. The molecule has 3 rings (SSSR count). The van der Waals surface area contributed by atoms with Crippen LogP contribution in [0.4, 0.5) is 17.1 Å². The van der Waals surface area contributed by atoms with Crippen LogP contribution in [0.25, 0.3) is 0 Å². The van der Waals surface area contributed by atoms with Crippen LogP contribution in [-0.2, 0) is 14.3 Å². The lowest BCUT2D eigenvalue weighted by Gasteiger charge is -2.16. The minimum Gasteiger partial charge on any atom is -0.466 e. The molecule has 1 aliphatic rings. The first-order valence-corrected chi connectivity index (χ1v) is 11.2. The Kier molecular flexibility index (Phi) is 7.89. The summed E-state index contributed by atoms with van der Waals surface area (Å²) in [5, 5.41) is 6.64. The number of ether oxygens (including phenoxy) is 1. The number of rotatable bonds is 7. The van der Waals surface area contributed by atoms with E-state index < -0.39 is 0 Å². The molecule has 2 aromatic carbocycles. The number of nitrogens with zero attached hydrogens (tertiary/aromatic N) is 1. The molecule has 0 radical (unpaired) electrons. The van der Waals surface area contributed by atoms with E-state index in [-0.39, 0.29) is 23.5 Å². The van der Waals surface area contributed by atoms with Crippen LogP contribution in [-0.4, -0.2) is 28.8 Å². The molecule has 1 amide bonds. The summed E-state index contributed by atoms with van der Waals surface area (Å²) in [4.78, 5) is 29.7. The predicted octanol–water partition coefficient (Wildman–Crippen LogP) is 5.44. The molecule has 0 aromatic heterocycles. The van der Waals surface area contributed by atoms with Gasteiger partial charge in [0, 0.05) is 11.4 Å². The predicted molar refractivity (Wildman–Crippen MR) is 128 cm³/mol. The van der Waals surface area contributed by atoms with E-state index in [2.05, 4.69) is 10.6 Å². The Hall–Kier alpha value is -3.06. The van der Waals surface area contributed by atoms with Crippen molar-refractivity contribution in [3.63, 3.8) is 0 Å². The summed E-state index contributed by atoms with van der Waals surface area (Å²) in [6, 6.07) is 15.3. The molecule has 2 N–H and O–H groups in total. The third-order valence-electron chi connectivity index (χ3n) is 4.70. The molecular weight excluding hydrogens is 410 g/mol. The maximum atomic E-state index is 12.9. The Morgan fingerprint density at radius 3 is 2.61 bits per heavy atom. The molecule has 2 aromatic rings. The molecule has 31 heavy (non-hydrogen) atoms. The fourth-order valence-corrected chi connectivity index (χ4v) is 4.09. The highest BCUT2D eigenvalue weighted by Crippen LogP contribution is 2.32. The molecule has 1 heterocycles. The molecule has 1 atom stereocenters. The van der Waals surface area contributed by atoms with Crippen molar-refractivity contribution in [3.8, 4) is 0 Å². The van der Waals surface area contributed by atoms with Crippen LogP contribution >= 0.6 is 11.8 Å². The van der Waals surface area contributed by atoms with Crippen LogP contribution in [0.2, 0.25) is 0 Å². The molecule has 0 spiro atoms. The van der Waals surface area contributed by atoms with Crippen molar-refractivity contribution in [3.05, 3.63) is 65.9 Å². The first-order chi connectivity index (χ1) is 15.0. The summed E-state index contributed by atoms with van der Waals surface area (Å²) in [7, 11) is 0. The molecule has 0 bridgehead atoms. The monoisotopic (exact) mass is 437 g/mol. The number of amides is 1. The third-order valence-corrected chi connectivity index (χ3v) is 5.98. The van der Waals surface area contributed by atoms with Crippen molar-refractivity contribution >= 4 is 45.7 Å². The van der Waals surface area contributed by atoms with Gasteiger partial charge in [0.2, 0.25) is 5.91 Å². The topological polar surface area (TPSA) is 79.8 Å². The summed E-state index contributed by atoms with van der Waals surface area (Å²) in [5.74, 6) is -0.385. The van der Waals surface area contributed by atoms with Crippen LogP contribution in [0.5, 0.6) is 0 Å². The largest absolute Gasteiger partial charge is 0.466 e. The second-order valence-corrected chi connectivity index (χ2v) is 8.29. The standard InChI is InChI=1S/C24H27N3O3S/c1-4-21(24(29)27-18-11-7-6-10-16(18)3)31-22-14-17(15-23(28)30-5-2)25-19-12-8-9-13-20(19)26-22/h6-14,21,25H,4-5,15H2,1-3H3,(H,27,29)/t21-/m1/s1. The average Bonchev–Trinajstić information content (AvgIpc) is 2.92. The van der Waals surface area contributed by atoms with Gasteiger partial charge in [-0.05, 0) is 50.1 Å². The van der Waals surface area contributed by atoms with Crippen molar-refractivity contribution < 1.29 is 14.3 Å². The Morgan fingerprint density at radius 1 is 1.13 bits per heavy atom. The minimum absolute atomic E-state index is 0.0738. The molecule has 6 nitrogen and oxygen atoms in total. The Labute approximate surface area is 187 Å². The van der Waals surface area contributed by atoms with Crippen LogP contribution in [0, 0.1) is 6.92 Å². The van der Waals surface area contributed by atoms with E-state index in [1.54, 1.807) is 6.92 Å². The highest BCUT2D eigenvalue weighted by Gasteiger charge is 2.22. The normalized spacial score (nSPS) is 13.6. The first kappa shape index (κ1) is 22.6. The van der Waals surface area contributed by atoms with Gasteiger partial charge >= 0.3 is 5.97 Å². The highest BCUT2D eigenvalue weighted by atomic mass is 32.2. The van der Waals surface area contributed by atoms with E-state index in [9.17, 15) is 9.59 Å². The highest BCUT2D eigenvalue weighted by molar-refractivity contribution is 8.15. The molecule has 162 valence electrons. The Balaban J connectivity index is 1.83. The van der Waals surface area contributed by atoms with E-state index in [0.717, 1.165) is 22.6 Å². The van der Waals surface area contributed by atoms with Gasteiger partial charge in [0.1, 0.15) is 0 Å². The van der Waals surface area contributed by atoms with Gasteiger partial charge in [-0.3, -0.25) is 9.59 Å². The number of anilines is 2. The molecule has 1 aliphatic heterocycles. The number of carbonyl (C=O) groups excluding carboxylic acids is 2. The van der Waals surface area contributed by atoms with Crippen molar-refractivity contribution in [1.29, 1.82) is 0 Å². The van der Waals surface area contributed by atoms with Crippen molar-refractivity contribution in [2.24, 2.45) is 4.99 Å². The van der Waals surface area contributed by atoms with Crippen LogP contribution < -0.4 is 10.6 Å². The number of carbonyl (C=O) groups is 2. The number of esters is 1. The fourth-order valence-electron chi connectivity index (χ4n) is 3.10. The number of fused-ring (bicyclic) bond motifs is 1. The lowest BCUT2D eigenvalue weighted by molar-refractivity contribution is -0.142. The summed E-state index contributed by atoms with van der Waals surface area (Å²) in [5.41, 5.74) is 4.07. The van der Waals surface area contributed by atoms with E-state index in [1.807, 2.05) is 68.5 Å². The number of nitrogens with one attached hydrogen (secondary N) is 2. The lowest BCUT2D eigenvalue weighted by Crippen LogP contribution is -2.26. The molecule has 0 saturated carbocycles. The Morgan fingerprint density at radius 2 is 1.87 bits per heavy atom. The third kappa shape index (κ3) is 6.21. The van der Waals surface area contributed by atoms with Gasteiger partial charge in [-0.15, -0.1) is 0 Å². The maximum absolute atomic E-state index is 12.9. The molecule has 0 aliphatic carbocycles. The van der Waals surface area contributed by atoms with E-state index in [4.69, 9.17) is 9.73 Å². The van der Waals surface area contributed by atoms with Gasteiger partial charge in [-0.2, -0.15) is 0 Å². The number of aryl methyl sites for hydroxylation is 1. The zero-order chi connectivity index (χ0) is 22.2. The van der Waals surface area contributed by atoms with Crippen LogP contribution in [0.3, 0.4) is 0 Å². The molecule has 0 unspecified atom stereocenters. The first-order valence-electron chi connectivity index (χ1n) is 10.3. The van der Waals surface area contributed by atoms with Gasteiger partial charge in [0.05, 0.1) is 34.7 Å². The van der Waals surface area contributed by atoms with Crippen LogP contribution in [0.15, 0.2) is 65.3 Å². The van der Waals surface area contributed by atoms with E-state index >= 15 is 0 Å². The summed E-state index contributed by atoms with van der Waals surface area (Å²) in [6.07, 6.45) is 2.57. The Bertz CT molecular complexity index is 1020. The van der Waals surface area contributed by atoms with Gasteiger partial charge in [0.15, 0.2) is 0 Å². The second-order valence-electron chi connectivity index (χ2n) is 7.06. The number of aliphatic imine (C=N–C) groups is 1. The summed E-state index contributed by atoms with van der Waals surface area (Å²) < 4.78 is 5.10. The SMILES string of the molecule is CCOC(=O)CC1=CC(S[C@H](CC)C(=O)Nc2ccccc2C)=Nc2ccccc2N1. The number of hydrogen-bond acceptors (Lipinski definition) is 6. The van der Waals surface area contributed by atoms with Crippen molar-refractivity contribution in [1.82, 2.24) is 0 Å². The van der Waals surface area contributed by atoms with Gasteiger partial charge in [-0.25, -0.2) is 4.99 Å². The number of benzene rings is 2. The summed E-state index contributed by atoms with van der Waals surface area (Å²) in [6.45, 7) is 6.05. The second kappa shape index (κ2) is 10.8. The molecular formula is C24H27N3O3S. The number of para-hydroxylation sites is 3. The van der Waals surface area contributed by atoms with Crippen molar-refractivity contribution in [2.45, 2.75) is 38.9 Å². The van der Waals surface area contributed by atoms with Crippen LogP contribution in [0.1, 0.15) is 32.3 Å². The smallest absolute Gasteiger partial charge is 0.311 e. The van der Waals surface area contributed by atoms with Gasteiger partial charge in [0.25, 0.3) is 0 Å². The fraction of sp³-hybridized carbons (Fsp3) is 0.292. The average molecular weight is 438 g/mol. The molecule has 7 heteroatoms. The lowest BCUT2D eigenvalue weighted by atomic mass is 10.2. The number of thioether (sulfide) groups is 1. The van der Waals surface area contributed by atoms with Crippen molar-refractivity contribution in [2.75, 3.05) is 17.2 Å². The number of hydrogen-bond donors (Lipinski definition) is 2. The molecule has 0 saturated heterocycles. The van der Waals surface area contributed by atoms with E-state index in [1.165, 1.54) is 11.8 Å². The zero-order valence-corrected chi connectivity index (χ0v) is 18.8. The molecule has 0 fully saturated rings. The van der Waals surface area contributed by atoms with Gasteiger partial charge < -0.3 is 15.4 Å².